The number of carbonyl (C=O) groups is 1. The van der Waals surface area contributed by atoms with Gasteiger partial charge in [-0.25, -0.2) is 9.78 Å². The van der Waals surface area contributed by atoms with Crippen molar-refractivity contribution in [2.75, 3.05) is 11.4 Å². The molecule has 1 atom stereocenters. The number of aryl methyl sites for hydroxylation is 1. The number of hydrogen-bond donors (Lipinski definition) is 1. The van der Waals surface area contributed by atoms with Crippen molar-refractivity contribution in [2.45, 2.75) is 25.8 Å². The maximum absolute atomic E-state index is 11.1. The molecule has 1 N–H and O–H groups in total. The summed E-state index contributed by atoms with van der Waals surface area (Å²) in [7, 11) is 0. The summed E-state index contributed by atoms with van der Waals surface area (Å²) in [6.45, 7) is 2.16. The predicted molar refractivity (Wildman–Crippen MR) is 63.6 cm³/mol. The number of carboxylic acid groups (broad SMARTS) is 1. The summed E-state index contributed by atoms with van der Waals surface area (Å²) in [6, 6.07) is 2.29. The van der Waals surface area contributed by atoms with Crippen molar-refractivity contribution in [3.05, 3.63) is 27.9 Å². The fourth-order valence-electron chi connectivity index (χ4n) is 2.19. The normalized spacial score (nSPS) is 18.9. The van der Waals surface area contributed by atoms with E-state index >= 15 is 0 Å². The number of aromatic nitrogens is 1. The van der Waals surface area contributed by atoms with Crippen LogP contribution in [0.25, 0.3) is 0 Å². The first-order valence-corrected chi connectivity index (χ1v) is 5.62. The van der Waals surface area contributed by atoms with Crippen LogP contribution in [0, 0.1) is 17.0 Å². The summed E-state index contributed by atoms with van der Waals surface area (Å²) in [5.41, 5.74) is 0.248. The second kappa shape index (κ2) is 4.59. The molecule has 1 aromatic rings. The van der Waals surface area contributed by atoms with E-state index < -0.39 is 16.9 Å². The van der Waals surface area contributed by atoms with Crippen LogP contribution in [0.5, 0.6) is 0 Å². The minimum Gasteiger partial charge on any atom is -0.480 e. The fourth-order valence-corrected chi connectivity index (χ4v) is 2.19. The highest BCUT2D eigenvalue weighted by molar-refractivity contribution is 5.78. The molecule has 1 aliphatic rings. The van der Waals surface area contributed by atoms with E-state index in [2.05, 4.69) is 4.98 Å². The van der Waals surface area contributed by atoms with Crippen molar-refractivity contribution in [1.82, 2.24) is 4.98 Å². The summed E-state index contributed by atoms with van der Waals surface area (Å²) in [5, 5.41) is 19.8. The number of anilines is 1. The van der Waals surface area contributed by atoms with Gasteiger partial charge in [0.1, 0.15) is 17.6 Å². The molecule has 1 aromatic heterocycles. The van der Waals surface area contributed by atoms with Crippen molar-refractivity contribution in [3.63, 3.8) is 0 Å². The molecule has 96 valence electrons. The summed E-state index contributed by atoms with van der Waals surface area (Å²) in [4.78, 5) is 27.1. The van der Waals surface area contributed by atoms with Gasteiger partial charge in [-0.05, 0) is 25.8 Å². The first kappa shape index (κ1) is 12.3. The van der Waals surface area contributed by atoms with Crippen LogP contribution in [-0.2, 0) is 4.79 Å². The average Bonchev–Trinajstić information content (AvgIpc) is 2.77. The Balaban J connectivity index is 2.32. The highest BCUT2D eigenvalue weighted by Gasteiger charge is 2.31. The Morgan fingerprint density at radius 3 is 2.89 bits per heavy atom. The van der Waals surface area contributed by atoms with E-state index in [-0.39, 0.29) is 5.69 Å². The zero-order chi connectivity index (χ0) is 13.3. The number of aliphatic carboxylic acids is 1. The maximum atomic E-state index is 11.1. The number of nitrogens with zero attached hydrogens (tertiary/aromatic N) is 3. The maximum Gasteiger partial charge on any atom is 0.326 e. The van der Waals surface area contributed by atoms with Crippen LogP contribution in [0.1, 0.15) is 18.5 Å². The molecule has 7 heteroatoms. The lowest BCUT2D eigenvalue weighted by atomic mass is 10.2. The summed E-state index contributed by atoms with van der Waals surface area (Å²) >= 11 is 0. The second-order valence-corrected chi connectivity index (χ2v) is 4.22. The summed E-state index contributed by atoms with van der Waals surface area (Å²) in [6.07, 6.45) is 1.36. The SMILES string of the molecule is Cc1nc(N2CCCC2C(=O)O)ccc1[N+](=O)[O-]. The monoisotopic (exact) mass is 251 g/mol. The molecule has 1 fully saturated rings. The molecule has 0 amide bonds. The van der Waals surface area contributed by atoms with Gasteiger partial charge in [-0.15, -0.1) is 0 Å². The molecule has 2 rings (SSSR count). The van der Waals surface area contributed by atoms with Crippen LogP contribution in [0.15, 0.2) is 12.1 Å². The van der Waals surface area contributed by atoms with E-state index in [1.54, 1.807) is 11.8 Å². The van der Waals surface area contributed by atoms with Crippen molar-refractivity contribution >= 4 is 17.5 Å². The first-order chi connectivity index (χ1) is 8.50. The zero-order valence-electron chi connectivity index (χ0n) is 9.87. The first-order valence-electron chi connectivity index (χ1n) is 5.62. The number of pyridine rings is 1. The molecule has 1 aliphatic heterocycles. The Bertz CT molecular complexity index is 503. The zero-order valence-corrected chi connectivity index (χ0v) is 9.87. The van der Waals surface area contributed by atoms with Gasteiger partial charge >= 0.3 is 5.97 Å². The van der Waals surface area contributed by atoms with Crippen LogP contribution in [0.3, 0.4) is 0 Å². The topological polar surface area (TPSA) is 96.6 Å². The third kappa shape index (κ3) is 2.11. The molecular formula is C11H13N3O4. The van der Waals surface area contributed by atoms with Crippen LogP contribution < -0.4 is 4.90 Å². The van der Waals surface area contributed by atoms with Gasteiger partial charge in [-0.2, -0.15) is 0 Å². The van der Waals surface area contributed by atoms with Gasteiger partial charge in [-0.3, -0.25) is 10.1 Å². The molecule has 0 radical (unpaired) electrons. The molecule has 1 saturated heterocycles. The van der Waals surface area contributed by atoms with Gasteiger partial charge in [-0.1, -0.05) is 0 Å². The molecule has 0 bridgehead atoms. The van der Waals surface area contributed by atoms with Gasteiger partial charge in [0.05, 0.1) is 4.92 Å². The Kier molecular flexibility index (Phi) is 3.14. The Labute approximate surface area is 103 Å². The molecule has 0 saturated carbocycles. The number of hydrogen-bond acceptors (Lipinski definition) is 5. The van der Waals surface area contributed by atoms with Gasteiger partial charge in [0.2, 0.25) is 0 Å². The average molecular weight is 251 g/mol. The molecule has 7 nitrogen and oxygen atoms in total. The van der Waals surface area contributed by atoms with Crippen molar-refractivity contribution < 1.29 is 14.8 Å². The van der Waals surface area contributed by atoms with E-state index in [0.717, 1.165) is 6.42 Å². The molecule has 18 heavy (non-hydrogen) atoms. The lowest BCUT2D eigenvalue weighted by Gasteiger charge is -2.22. The lowest BCUT2D eigenvalue weighted by molar-refractivity contribution is -0.385. The van der Waals surface area contributed by atoms with Crippen LogP contribution in [-0.4, -0.2) is 33.6 Å². The van der Waals surface area contributed by atoms with E-state index in [1.165, 1.54) is 12.1 Å². The van der Waals surface area contributed by atoms with E-state index in [9.17, 15) is 14.9 Å². The Morgan fingerprint density at radius 1 is 1.61 bits per heavy atom. The van der Waals surface area contributed by atoms with E-state index in [4.69, 9.17) is 5.11 Å². The largest absolute Gasteiger partial charge is 0.480 e. The van der Waals surface area contributed by atoms with Crippen LogP contribution >= 0.6 is 0 Å². The standard InChI is InChI=1S/C11H13N3O4/c1-7-8(14(17)18)4-5-10(12-7)13-6-2-3-9(13)11(15)16/h4-5,9H,2-3,6H2,1H3,(H,15,16). The molecule has 2 heterocycles. The van der Waals surface area contributed by atoms with Gasteiger partial charge in [0, 0.05) is 12.6 Å². The molecule has 1 unspecified atom stereocenters. The third-order valence-corrected chi connectivity index (χ3v) is 3.07. The third-order valence-electron chi connectivity index (χ3n) is 3.07. The fraction of sp³-hybridized carbons (Fsp3) is 0.455. The molecule has 0 aliphatic carbocycles. The molecule has 0 aromatic carbocycles. The minimum atomic E-state index is -0.884. The molecule has 0 spiro atoms. The number of nitro groups is 1. The van der Waals surface area contributed by atoms with Crippen LogP contribution in [0.4, 0.5) is 11.5 Å². The van der Waals surface area contributed by atoms with Gasteiger partial charge in [0.15, 0.2) is 0 Å². The van der Waals surface area contributed by atoms with Crippen molar-refractivity contribution in [2.24, 2.45) is 0 Å². The second-order valence-electron chi connectivity index (χ2n) is 4.22. The van der Waals surface area contributed by atoms with Crippen molar-refractivity contribution in [3.8, 4) is 0 Å². The summed E-state index contributed by atoms with van der Waals surface area (Å²) in [5.74, 6) is -0.395. The van der Waals surface area contributed by atoms with E-state index in [0.29, 0.717) is 24.5 Å². The highest BCUT2D eigenvalue weighted by atomic mass is 16.6. The Morgan fingerprint density at radius 2 is 2.33 bits per heavy atom. The van der Waals surface area contributed by atoms with Gasteiger partial charge < -0.3 is 10.0 Å². The predicted octanol–water partition coefficient (Wildman–Crippen LogP) is 1.35. The molecular weight excluding hydrogens is 238 g/mol. The minimum absolute atomic E-state index is 0.0511. The highest BCUT2D eigenvalue weighted by Crippen LogP contribution is 2.26. The van der Waals surface area contributed by atoms with Crippen LogP contribution in [0.2, 0.25) is 0 Å². The number of rotatable bonds is 3. The van der Waals surface area contributed by atoms with E-state index in [1.807, 2.05) is 0 Å². The summed E-state index contributed by atoms with van der Waals surface area (Å²) < 4.78 is 0. The quantitative estimate of drug-likeness (QED) is 0.643. The lowest BCUT2D eigenvalue weighted by Crippen LogP contribution is -2.36. The number of carboxylic acids is 1. The van der Waals surface area contributed by atoms with Gasteiger partial charge in [0.25, 0.3) is 5.69 Å². The van der Waals surface area contributed by atoms with Crippen molar-refractivity contribution in [1.29, 1.82) is 0 Å². The Hall–Kier alpha value is -2.18. The smallest absolute Gasteiger partial charge is 0.326 e.